The number of rotatable bonds is 5. The van der Waals surface area contributed by atoms with E-state index < -0.39 is 0 Å². The van der Waals surface area contributed by atoms with Gasteiger partial charge in [-0.1, -0.05) is 6.07 Å². The second-order valence-electron chi connectivity index (χ2n) is 9.05. The van der Waals surface area contributed by atoms with Crippen molar-refractivity contribution in [3.8, 4) is 5.75 Å². The van der Waals surface area contributed by atoms with Gasteiger partial charge in [0.25, 0.3) is 0 Å². The Morgan fingerprint density at radius 3 is 2.76 bits per heavy atom. The normalized spacial score (nSPS) is 17.3. The zero-order valence-electron chi connectivity index (χ0n) is 19.5. The Morgan fingerprint density at radius 2 is 2.00 bits per heavy atom. The third kappa shape index (κ3) is 4.53. The molecule has 0 N–H and O–H groups in total. The van der Waals surface area contributed by atoms with Crippen molar-refractivity contribution < 1.29 is 13.9 Å². The molecule has 172 valence electrons. The Hall–Kier alpha value is -3.12. The van der Waals surface area contributed by atoms with E-state index in [1.807, 2.05) is 30.2 Å². The number of carbonyl (C=O) groups is 1. The molecule has 1 aromatic carbocycles. The van der Waals surface area contributed by atoms with E-state index in [9.17, 15) is 4.79 Å². The number of pyridine rings is 1. The Kier molecular flexibility index (Phi) is 6.18. The molecule has 33 heavy (non-hydrogen) atoms. The van der Waals surface area contributed by atoms with Gasteiger partial charge in [0.15, 0.2) is 0 Å². The Labute approximate surface area is 194 Å². The average Bonchev–Trinajstić information content (AvgIpc) is 3.21. The molecule has 1 amide bonds. The number of hydrogen-bond donors (Lipinski definition) is 0. The van der Waals surface area contributed by atoms with Crippen molar-refractivity contribution in [2.75, 3.05) is 33.3 Å². The fourth-order valence-corrected chi connectivity index (χ4v) is 5.00. The number of aryl methyl sites for hydroxylation is 2. The molecule has 1 aliphatic carbocycles. The van der Waals surface area contributed by atoms with E-state index in [0.29, 0.717) is 0 Å². The van der Waals surface area contributed by atoms with Crippen LogP contribution in [-0.2, 0) is 24.2 Å². The smallest absolute Gasteiger partial charge is 0.246 e. The number of methoxy groups -OCH3 is 1. The summed E-state index contributed by atoms with van der Waals surface area (Å²) < 4.78 is 11.8. The Balaban J connectivity index is 1.30. The lowest BCUT2D eigenvalue weighted by atomic mass is 9.94. The van der Waals surface area contributed by atoms with Crippen molar-refractivity contribution in [2.45, 2.75) is 39.2 Å². The molecule has 2 aromatic heterocycles. The van der Waals surface area contributed by atoms with E-state index in [2.05, 4.69) is 22.0 Å². The number of furan rings is 1. The van der Waals surface area contributed by atoms with Gasteiger partial charge in [-0.05, 0) is 49.5 Å². The van der Waals surface area contributed by atoms with Crippen molar-refractivity contribution in [1.82, 2.24) is 14.8 Å². The van der Waals surface area contributed by atoms with Gasteiger partial charge in [0.2, 0.25) is 5.91 Å². The first-order chi connectivity index (χ1) is 16.1. The van der Waals surface area contributed by atoms with Crippen LogP contribution in [0.5, 0.6) is 5.75 Å². The van der Waals surface area contributed by atoms with Crippen molar-refractivity contribution in [3.05, 3.63) is 65.2 Å². The van der Waals surface area contributed by atoms with Gasteiger partial charge in [-0.15, -0.1) is 0 Å². The van der Waals surface area contributed by atoms with Crippen molar-refractivity contribution >= 4 is 22.4 Å². The van der Waals surface area contributed by atoms with Crippen LogP contribution in [0.25, 0.3) is 16.5 Å². The molecule has 0 radical (unpaired) electrons. The van der Waals surface area contributed by atoms with E-state index in [4.69, 9.17) is 9.15 Å². The first-order valence-electron chi connectivity index (χ1n) is 11.8. The minimum Gasteiger partial charge on any atom is -0.496 e. The third-order valence-corrected chi connectivity index (χ3v) is 6.85. The summed E-state index contributed by atoms with van der Waals surface area (Å²) in [6.07, 6.45) is 9.89. The van der Waals surface area contributed by atoms with Crippen molar-refractivity contribution in [1.29, 1.82) is 0 Å². The van der Waals surface area contributed by atoms with Gasteiger partial charge in [-0.25, -0.2) is 0 Å². The summed E-state index contributed by atoms with van der Waals surface area (Å²) in [5.41, 5.74) is 5.29. The zero-order valence-corrected chi connectivity index (χ0v) is 19.5. The van der Waals surface area contributed by atoms with Crippen LogP contribution in [0.15, 0.2) is 47.2 Å². The lowest BCUT2D eigenvalue weighted by Gasteiger charge is -2.34. The average molecular weight is 446 g/mol. The summed E-state index contributed by atoms with van der Waals surface area (Å²) >= 11 is 0. The summed E-state index contributed by atoms with van der Waals surface area (Å²) in [6.45, 7) is 6.06. The quantitative estimate of drug-likeness (QED) is 0.543. The Bertz CT molecular complexity index is 1170. The molecular formula is C27H31N3O3. The van der Waals surface area contributed by atoms with Gasteiger partial charge in [0.05, 0.1) is 7.11 Å². The first-order valence-corrected chi connectivity index (χ1v) is 11.8. The lowest BCUT2D eigenvalue weighted by molar-refractivity contribution is -0.127. The van der Waals surface area contributed by atoms with Crippen LogP contribution < -0.4 is 4.74 Å². The zero-order chi connectivity index (χ0) is 22.8. The fourth-order valence-electron chi connectivity index (χ4n) is 5.00. The van der Waals surface area contributed by atoms with E-state index in [1.54, 1.807) is 19.4 Å². The number of fused-ring (bicyclic) bond motifs is 3. The molecule has 0 bridgehead atoms. The predicted octanol–water partition coefficient (Wildman–Crippen LogP) is 4.46. The molecule has 1 saturated heterocycles. The van der Waals surface area contributed by atoms with Gasteiger partial charge >= 0.3 is 0 Å². The van der Waals surface area contributed by atoms with Crippen LogP contribution in [0.4, 0.5) is 0 Å². The summed E-state index contributed by atoms with van der Waals surface area (Å²) in [7, 11) is 1.67. The summed E-state index contributed by atoms with van der Waals surface area (Å²) in [4.78, 5) is 21.6. The number of piperazine rings is 1. The molecule has 0 spiro atoms. The summed E-state index contributed by atoms with van der Waals surface area (Å²) in [5.74, 6) is 1.92. The van der Waals surface area contributed by atoms with Crippen LogP contribution in [0.1, 0.15) is 42.2 Å². The van der Waals surface area contributed by atoms with E-state index in [-0.39, 0.29) is 5.91 Å². The van der Waals surface area contributed by atoms with E-state index >= 15 is 0 Å². The number of aromatic nitrogens is 1. The highest BCUT2D eigenvalue weighted by Crippen LogP contribution is 2.37. The number of nitrogens with zero attached hydrogens (tertiary/aromatic N) is 3. The van der Waals surface area contributed by atoms with E-state index in [0.717, 1.165) is 79.2 Å². The topological polar surface area (TPSA) is 58.8 Å². The van der Waals surface area contributed by atoms with Gasteiger partial charge in [-0.2, -0.15) is 0 Å². The largest absolute Gasteiger partial charge is 0.496 e. The summed E-state index contributed by atoms with van der Waals surface area (Å²) in [5, 5.41) is 1.16. The van der Waals surface area contributed by atoms with Crippen LogP contribution in [0, 0.1) is 0 Å². The minimum absolute atomic E-state index is 0.0601. The fraction of sp³-hybridized carbons (Fsp3) is 0.407. The highest BCUT2D eigenvalue weighted by Gasteiger charge is 2.22. The number of allylic oxidation sites excluding steroid dienone is 1. The Morgan fingerprint density at radius 1 is 1.18 bits per heavy atom. The maximum absolute atomic E-state index is 13.1. The number of hydrogen-bond acceptors (Lipinski definition) is 5. The molecule has 3 heterocycles. The maximum atomic E-state index is 13.1. The number of carbonyl (C=O) groups excluding carboxylic acids is 1. The van der Waals surface area contributed by atoms with Gasteiger partial charge < -0.3 is 14.1 Å². The molecule has 0 saturated carbocycles. The highest BCUT2D eigenvalue weighted by molar-refractivity contribution is 5.97. The standard InChI is InChI=1S/C27H31N3O3/c1-19(14-27(31)30-12-10-29(11-13-30)18-20-6-5-9-28-17-20)22-15-23-21-7-3-4-8-24(21)33-26(23)16-25(22)32-2/h5-6,9,14-17H,3-4,7-8,10-13,18H2,1-2H3/b19-14+. The number of ether oxygens (including phenoxy) is 1. The number of benzene rings is 1. The lowest BCUT2D eigenvalue weighted by Crippen LogP contribution is -2.47. The third-order valence-electron chi connectivity index (χ3n) is 6.85. The molecule has 3 aromatic rings. The molecular weight excluding hydrogens is 414 g/mol. The van der Waals surface area contributed by atoms with Gasteiger partial charge in [0.1, 0.15) is 17.1 Å². The molecule has 0 unspecified atom stereocenters. The molecule has 5 rings (SSSR count). The monoisotopic (exact) mass is 445 g/mol. The molecule has 0 atom stereocenters. The van der Waals surface area contributed by atoms with Crippen LogP contribution in [0.2, 0.25) is 0 Å². The van der Waals surface area contributed by atoms with Gasteiger partial charge in [0, 0.05) is 80.2 Å². The van der Waals surface area contributed by atoms with Crippen LogP contribution >= 0.6 is 0 Å². The molecule has 1 aliphatic heterocycles. The van der Waals surface area contributed by atoms with Gasteiger partial charge in [-0.3, -0.25) is 14.7 Å². The minimum atomic E-state index is 0.0601. The number of amides is 1. The van der Waals surface area contributed by atoms with Crippen molar-refractivity contribution in [2.24, 2.45) is 0 Å². The highest BCUT2D eigenvalue weighted by atomic mass is 16.5. The maximum Gasteiger partial charge on any atom is 0.246 e. The summed E-state index contributed by atoms with van der Waals surface area (Å²) in [6, 6.07) is 8.18. The second kappa shape index (κ2) is 9.40. The molecule has 1 fully saturated rings. The molecule has 2 aliphatic rings. The van der Waals surface area contributed by atoms with Crippen LogP contribution in [-0.4, -0.2) is 54.0 Å². The molecule has 6 heteroatoms. The molecule has 6 nitrogen and oxygen atoms in total. The second-order valence-corrected chi connectivity index (χ2v) is 9.05. The van der Waals surface area contributed by atoms with E-state index in [1.165, 1.54) is 24.0 Å². The predicted molar refractivity (Wildman–Crippen MR) is 129 cm³/mol. The van der Waals surface area contributed by atoms with Crippen LogP contribution in [0.3, 0.4) is 0 Å². The van der Waals surface area contributed by atoms with Crippen molar-refractivity contribution in [3.63, 3.8) is 0 Å². The SMILES string of the molecule is COc1cc2oc3c(c2cc1/C(C)=C/C(=O)N1CCN(Cc2cccnc2)CC1)CCCC3. The first kappa shape index (κ1) is 21.7.